The lowest BCUT2D eigenvalue weighted by atomic mass is 10.0. The molecular weight excluding hydrogens is 274 g/mol. The summed E-state index contributed by atoms with van der Waals surface area (Å²) in [5, 5.41) is 3.06. The number of aryl methyl sites for hydroxylation is 1. The molecule has 0 bridgehead atoms. The van der Waals surface area contributed by atoms with Crippen LogP contribution < -0.4 is 10.1 Å². The van der Waals surface area contributed by atoms with E-state index < -0.39 is 0 Å². The third-order valence-electron chi connectivity index (χ3n) is 3.99. The van der Waals surface area contributed by atoms with Gasteiger partial charge in [0, 0.05) is 18.0 Å². The van der Waals surface area contributed by atoms with Gasteiger partial charge < -0.3 is 10.1 Å². The highest BCUT2D eigenvalue weighted by molar-refractivity contribution is 5.94. The molecule has 1 amide bonds. The quantitative estimate of drug-likeness (QED) is 0.940. The minimum absolute atomic E-state index is 0.0167. The number of fused-ring (bicyclic) bond motifs is 1. The Morgan fingerprint density at radius 1 is 1.23 bits per heavy atom. The molecule has 0 spiro atoms. The predicted octanol–water partition coefficient (Wildman–Crippen LogP) is 3.29. The Kier molecular flexibility index (Phi) is 4.14. The number of rotatable bonds is 4. The standard InChI is InChI=1S/C19H21NO2/c1-13-3-6-16(7-4-13)19(21)20-14(2)11-15-5-8-18-17(12-15)9-10-22-18/h3-8,12,14H,9-11H2,1-2H3,(H,20,21). The van der Waals surface area contributed by atoms with E-state index in [-0.39, 0.29) is 11.9 Å². The summed E-state index contributed by atoms with van der Waals surface area (Å²) in [6.45, 7) is 4.83. The Labute approximate surface area is 131 Å². The first-order valence-corrected chi connectivity index (χ1v) is 7.74. The van der Waals surface area contributed by atoms with Gasteiger partial charge >= 0.3 is 0 Å². The van der Waals surface area contributed by atoms with Crippen LogP contribution in [0.15, 0.2) is 42.5 Å². The maximum atomic E-state index is 12.2. The van der Waals surface area contributed by atoms with E-state index in [1.54, 1.807) is 0 Å². The largest absolute Gasteiger partial charge is 0.493 e. The summed E-state index contributed by atoms with van der Waals surface area (Å²) in [4.78, 5) is 12.2. The zero-order chi connectivity index (χ0) is 15.5. The molecule has 3 nitrogen and oxygen atoms in total. The number of carbonyl (C=O) groups is 1. The molecule has 1 heterocycles. The third-order valence-corrected chi connectivity index (χ3v) is 3.99. The van der Waals surface area contributed by atoms with Gasteiger partial charge in [0.05, 0.1) is 6.61 Å². The minimum Gasteiger partial charge on any atom is -0.493 e. The van der Waals surface area contributed by atoms with Gasteiger partial charge in [0.2, 0.25) is 0 Å². The molecule has 2 aromatic carbocycles. The van der Waals surface area contributed by atoms with E-state index in [2.05, 4.69) is 17.4 Å². The lowest BCUT2D eigenvalue weighted by Crippen LogP contribution is -2.34. The van der Waals surface area contributed by atoms with Crippen LogP contribution >= 0.6 is 0 Å². The van der Waals surface area contributed by atoms with Crippen molar-refractivity contribution in [2.45, 2.75) is 32.7 Å². The maximum Gasteiger partial charge on any atom is 0.251 e. The summed E-state index contributed by atoms with van der Waals surface area (Å²) < 4.78 is 5.52. The highest BCUT2D eigenvalue weighted by atomic mass is 16.5. The summed E-state index contributed by atoms with van der Waals surface area (Å²) in [5.41, 5.74) is 4.38. The van der Waals surface area contributed by atoms with Gasteiger partial charge in [-0.3, -0.25) is 4.79 Å². The highest BCUT2D eigenvalue weighted by Gasteiger charge is 2.14. The molecule has 0 fully saturated rings. The van der Waals surface area contributed by atoms with Crippen molar-refractivity contribution in [1.82, 2.24) is 5.32 Å². The normalized spacial score (nSPS) is 14.1. The molecule has 0 aliphatic carbocycles. The molecule has 1 N–H and O–H groups in total. The van der Waals surface area contributed by atoms with Crippen molar-refractivity contribution in [1.29, 1.82) is 0 Å². The van der Waals surface area contributed by atoms with Gasteiger partial charge in [0.1, 0.15) is 5.75 Å². The van der Waals surface area contributed by atoms with Crippen LogP contribution in [0.1, 0.15) is 34.0 Å². The molecule has 2 aromatic rings. The second-order valence-corrected chi connectivity index (χ2v) is 5.99. The van der Waals surface area contributed by atoms with E-state index in [1.807, 2.05) is 44.2 Å². The molecule has 0 aromatic heterocycles. The fraction of sp³-hybridized carbons (Fsp3) is 0.316. The Morgan fingerprint density at radius 2 is 2.00 bits per heavy atom. The third kappa shape index (κ3) is 3.30. The molecule has 0 saturated carbocycles. The number of hydrogen-bond acceptors (Lipinski definition) is 2. The molecule has 0 radical (unpaired) electrons. The van der Waals surface area contributed by atoms with Crippen molar-refractivity contribution >= 4 is 5.91 Å². The van der Waals surface area contributed by atoms with E-state index in [0.29, 0.717) is 5.56 Å². The molecule has 1 aliphatic heterocycles. The topological polar surface area (TPSA) is 38.3 Å². The van der Waals surface area contributed by atoms with Gasteiger partial charge in [0.15, 0.2) is 0 Å². The van der Waals surface area contributed by atoms with E-state index in [4.69, 9.17) is 4.74 Å². The second kappa shape index (κ2) is 6.22. The van der Waals surface area contributed by atoms with Gasteiger partial charge in [-0.25, -0.2) is 0 Å². The van der Waals surface area contributed by atoms with Crippen LogP contribution in [0.3, 0.4) is 0 Å². The molecule has 1 atom stereocenters. The molecular formula is C19H21NO2. The molecule has 1 unspecified atom stereocenters. The van der Waals surface area contributed by atoms with E-state index >= 15 is 0 Å². The summed E-state index contributed by atoms with van der Waals surface area (Å²) in [5.74, 6) is 0.983. The Bertz CT molecular complexity index is 676. The number of carbonyl (C=O) groups excluding carboxylic acids is 1. The van der Waals surface area contributed by atoms with Crippen LogP contribution in [0.5, 0.6) is 5.75 Å². The van der Waals surface area contributed by atoms with Crippen molar-refractivity contribution in [3.8, 4) is 5.75 Å². The molecule has 0 saturated heterocycles. The number of amides is 1. The molecule has 1 aliphatic rings. The summed E-state index contributed by atoms with van der Waals surface area (Å²) in [6.07, 6.45) is 1.80. The van der Waals surface area contributed by atoms with Crippen LogP contribution in [-0.4, -0.2) is 18.6 Å². The zero-order valence-electron chi connectivity index (χ0n) is 13.1. The number of ether oxygens (including phenoxy) is 1. The molecule has 22 heavy (non-hydrogen) atoms. The average Bonchev–Trinajstić information content (AvgIpc) is 2.95. The first-order valence-electron chi connectivity index (χ1n) is 7.74. The lowest BCUT2D eigenvalue weighted by Gasteiger charge is -2.14. The van der Waals surface area contributed by atoms with Gasteiger partial charge in [-0.15, -0.1) is 0 Å². The van der Waals surface area contributed by atoms with Crippen LogP contribution in [0.2, 0.25) is 0 Å². The maximum absolute atomic E-state index is 12.2. The van der Waals surface area contributed by atoms with Crippen molar-refractivity contribution < 1.29 is 9.53 Å². The van der Waals surface area contributed by atoms with Crippen LogP contribution in [-0.2, 0) is 12.8 Å². The predicted molar refractivity (Wildman–Crippen MR) is 87.5 cm³/mol. The highest BCUT2D eigenvalue weighted by Crippen LogP contribution is 2.26. The Balaban J connectivity index is 1.61. The van der Waals surface area contributed by atoms with Crippen molar-refractivity contribution in [3.05, 3.63) is 64.7 Å². The first-order chi connectivity index (χ1) is 10.6. The number of hydrogen-bond donors (Lipinski definition) is 1. The Morgan fingerprint density at radius 3 is 2.77 bits per heavy atom. The van der Waals surface area contributed by atoms with Gasteiger partial charge in [0.25, 0.3) is 5.91 Å². The van der Waals surface area contributed by atoms with Crippen molar-refractivity contribution in [3.63, 3.8) is 0 Å². The molecule has 3 rings (SSSR count). The van der Waals surface area contributed by atoms with Gasteiger partial charge in [-0.05, 0) is 49.6 Å². The van der Waals surface area contributed by atoms with Crippen LogP contribution in [0, 0.1) is 6.92 Å². The van der Waals surface area contributed by atoms with Gasteiger partial charge in [-0.2, -0.15) is 0 Å². The van der Waals surface area contributed by atoms with Crippen molar-refractivity contribution in [2.75, 3.05) is 6.61 Å². The smallest absolute Gasteiger partial charge is 0.251 e. The molecule has 114 valence electrons. The average molecular weight is 295 g/mol. The number of nitrogens with one attached hydrogen (secondary N) is 1. The first kappa shape index (κ1) is 14.6. The monoisotopic (exact) mass is 295 g/mol. The molecule has 3 heteroatoms. The number of benzene rings is 2. The summed E-state index contributed by atoms with van der Waals surface area (Å²) in [7, 11) is 0. The van der Waals surface area contributed by atoms with Gasteiger partial charge in [-0.1, -0.05) is 29.8 Å². The zero-order valence-corrected chi connectivity index (χ0v) is 13.1. The summed E-state index contributed by atoms with van der Waals surface area (Å²) >= 11 is 0. The van der Waals surface area contributed by atoms with E-state index in [9.17, 15) is 4.79 Å². The summed E-state index contributed by atoms with van der Waals surface area (Å²) in [6, 6.07) is 14.0. The van der Waals surface area contributed by atoms with Crippen LogP contribution in [0.25, 0.3) is 0 Å². The van der Waals surface area contributed by atoms with E-state index in [1.165, 1.54) is 11.1 Å². The Hall–Kier alpha value is -2.29. The van der Waals surface area contributed by atoms with Crippen molar-refractivity contribution in [2.24, 2.45) is 0 Å². The lowest BCUT2D eigenvalue weighted by molar-refractivity contribution is 0.0940. The fourth-order valence-electron chi connectivity index (χ4n) is 2.78. The van der Waals surface area contributed by atoms with Crippen LogP contribution in [0.4, 0.5) is 0 Å². The minimum atomic E-state index is -0.0167. The SMILES string of the molecule is Cc1ccc(C(=O)NC(C)Cc2ccc3c(c2)CCO3)cc1. The second-order valence-electron chi connectivity index (χ2n) is 5.99. The van der Waals surface area contributed by atoms with E-state index in [0.717, 1.165) is 30.8 Å². The fourth-order valence-corrected chi connectivity index (χ4v) is 2.78.